The molecule has 1 saturated heterocycles. The molecule has 1 aliphatic heterocycles. The van der Waals surface area contributed by atoms with E-state index in [0.717, 1.165) is 12.2 Å². The second-order valence-corrected chi connectivity index (χ2v) is 5.96. The van der Waals surface area contributed by atoms with Crippen molar-refractivity contribution < 1.29 is 9.53 Å². The van der Waals surface area contributed by atoms with E-state index in [1.807, 2.05) is 17.8 Å². The number of ether oxygens (including phenoxy) is 1. The molecule has 1 fully saturated rings. The van der Waals surface area contributed by atoms with E-state index in [1.165, 1.54) is 31.5 Å². The van der Waals surface area contributed by atoms with Crippen molar-refractivity contribution in [2.24, 2.45) is 5.92 Å². The first-order chi connectivity index (χ1) is 9.20. The van der Waals surface area contributed by atoms with Gasteiger partial charge < -0.3 is 15.8 Å². The molecular formula is C14H20N2O2S. The lowest BCUT2D eigenvalue weighted by Gasteiger charge is -2.22. The van der Waals surface area contributed by atoms with Gasteiger partial charge in [-0.25, -0.2) is 4.79 Å². The van der Waals surface area contributed by atoms with Gasteiger partial charge >= 0.3 is 5.97 Å². The van der Waals surface area contributed by atoms with E-state index in [-0.39, 0.29) is 5.97 Å². The van der Waals surface area contributed by atoms with Crippen molar-refractivity contribution in [3.63, 3.8) is 0 Å². The molecule has 4 nitrogen and oxygen atoms in total. The van der Waals surface area contributed by atoms with Crippen molar-refractivity contribution in [1.29, 1.82) is 0 Å². The maximum atomic E-state index is 11.7. The third-order valence-electron chi connectivity index (χ3n) is 3.37. The molecule has 104 valence electrons. The van der Waals surface area contributed by atoms with E-state index in [9.17, 15) is 4.79 Å². The highest BCUT2D eigenvalue weighted by Crippen LogP contribution is 2.25. The summed E-state index contributed by atoms with van der Waals surface area (Å²) in [4.78, 5) is 11.7. The molecule has 5 heteroatoms. The number of nitrogens with one attached hydrogen (secondary N) is 1. The Morgan fingerprint density at radius 3 is 2.89 bits per heavy atom. The van der Waals surface area contributed by atoms with Crippen molar-refractivity contribution in [2.75, 3.05) is 36.2 Å². The Balaban J connectivity index is 2.04. The van der Waals surface area contributed by atoms with Crippen LogP contribution in [0, 0.1) is 5.92 Å². The summed E-state index contributed by atoms with van der Waals surface area (Å²) in [6.07, 6.45) is 2.47. The number of nitrogen functional groups attached to an aromatic ring is 1. The molecule has 0 aliphatic carbocycles. The number of methoxy groups -OCH3 is 1. The number of benzene rings is 1. The first-order valence-corrected chi connectivity index (χ1v) is 7.65. The van der Waals surface area contributed by atoms with Crippen LogP contribution in [0.15, 0.2) is 18.2 Å². The zero-order valence-electron chi connectivity index (χ0n) is 11.1. The summed E-state index contributed by atoms with van der Waals surface area (Å²) >= 11 is 2.02. The Hall–Kier alpha value is -1.36. The van der Waals surface area contributed by atoms with Crippen molar-refractivity contribution in [1.82, 2.24) is 0 Å². The largest absolute Gasteiger partial charge is 0.465 e. The SMILES string of the molecule is COC(=O)c1cc(N)ccc1NCC1CCSCC1. The van der Waals surface area contributed by atoms with Crippen LogP contribution in [0.4, 0.5) is 11.4 Å². The van der Waals surface area contributed by atoms with Gasteiger partial charge in [0.15, 0.2) is 0 Å². The van der Waals surface area contributed by atoms with Crippen LogP contribution in [0.5, 0.6) is 0 Å². The summed E-state index contributed by atoms with van der Waals surface area (Å²) in [5, 5.41) is 3.36. The van der Waals surface area contributed by atoms with Crippen LogP contribution in [0.25, 0.3) is 0 Å². The molecule has 1 aromatic carbocycles. The van der Waals surface area contributed by atoms with Crippen molar-refractivity contribution in [2.45, 2.75) is 12.8 Å². The third kappa shape index (κ3) is 3.80. The molecular weight excluding hydrogens is 260 g/mol. The van der Waals surface area contributed by atoms with E-state index < -0.39 is 0 Å². The average Bonchev–Trinajstić information content (AvgIpc) is 2.46. The zero-order chi connectivity index (χ0) is 13.7. The minimum Gasteiger partial charge on any atom is -0.465 e. The van der Waals surface area contributed by atoms with Gasteiger partial charge in [-0.05, 0) is 48.5 Å². The van der Waals surface area contributed by atoms with E-state index in [0.29, 0.717) is 17.2 Å². The highest BCUT2D eigenvalue weighted by molar-refractivity contribution is 7.99. The summed E-state index contributed by atoms with van der Waals surface area (Å²) in [6, 6.07) is 5.30. The lowest BCUT2D eigenvalue weighted by atomic mass is 10.0. The first-order valence-electron chi connectivity index (χ1n) is 6.50. The summed E-state index contributed by atoms with van der Waals surface area (Å²) in [7, 11) is 1.38. The number of thioether (sulfide) groups is 1. The number of nitrogens with two attached hydrogens (primary N) is 1. The molecule has 0 radical (unpaired) electrons. The van der Waals surface area contributed by atoms with Crippen molar-refractivity contribution in [3.05, 3.63) is 23.8 Å². The Bertz CT molecular complexity index is 445. The normalized spacial score (nSPS) is 16.1. The Kier molecular flexibility index (Phi) is 4.96. The van der Waals surface area contributed by atoms with Gasteiger partial charge in [0.05, 0.1) is 12.7 Å². The Morgan fingerprint density at radius 2 is 2.21 bits per heavy atom. The molecule has 0 saturated carbocycles. The van der Waals surface area contributed by atoms with Gasteiger partial charge in [0.25, 0.3) is 0 Å². The fourth-order valence-electron chi connectivity index (χ4n) is 2.20. The molecule has 0 spiro atoms. The summed E-state index contributed by atoms with van der Waals surface area (Å²) < 4.78 is 4.79. The number of carbonyl (C=O) groups excluding carboxylic acids is 1. The summed E-state index contributed by atoms with van der Waals surface area (Å²) in [5.74, 6) is 2.80. The minimum atomic E-state index is -0.353. The van der Waals surface area contributed by atoms with Crippen LogP contribution in [0.3, 0.4) is 0 Å². The van der Waals surface area contributed by atoms with Gasteiger partial charge in [-0.15, -0.1) is 0 Å². The second kappa shape index (κ2) is 6.70. The first kappa shape index (κ1) is 14.1. The molecule has 1 heterocycles. The highest BCUT2D eigenvalue weighted by atomic mass is 32.2. The molecule has 19 heavy (non-hydrogen) atoms. The Labute approximate surface area is 118 Å². The van der Waals surface area contributed by atoms with E-state index >= 15 is 0 Å². The maximum Gasteiger partial charge on any atom is 0.340 e. The Morgan fingerprint density at radius 1 is 1.47 bits per heavy atom. The average molecular weight is 280 g/mol. The van der Waals surface area contributed by atoms with Crippen LogP contribution >= 0.6 is 11.8 Å². The van der Waals surface area contributed by atoms with E-state index in [2.05, 4.69) is 5.32 Å². The third-order valence-corrected chi connectivity index (χ3v) is 4.42. The van der Waals surface area contributed by atoms with Gasteiger partial charge in [0.1, 0.15) is 0 Å². The van der Waals surface area contributed by atoms with Crippen molar-refractivity contribution in [3.8, 4) is 0 Å². The quantitative estimate of drug-likeness (QED) is 0.655. The zero-order valence-corrected chi connectivity index (χ0v) is 12.0. The van der Waals surface area contributed by atoms with Crippen LogP contribution in [-0.4, -0.2) is 31.1 Å². The van der Waals surface area contributed by atoms with Crippen LogP contribution in [-0.2, 0) is 4.74 Å². The predicted octanol–water partition coefficient (Wildman–Crippen LogP) is 2.61. The molecule has 0 aromatic heterocycles. The lowest BCUT2D eigenvalue weighted by Crippen LogP contribution is -2.20. The van der Waals surface area contributed by atoms with Gasteiger partial charge in [-0.3, -0.25) is 0 Å². The molecule has 3 N–H and O–H groups in total. The number of rotatable bonds is 4. The van der Waals surface area contributed by atoms with Crippen LogP contribution < -0.4 is 11.1 Å². The lowest BCUT2D eigenvalue weighted by molar-refractivity contribution is 0.0602. The molecule has 0 atom stereocenters. The molecule has 0 unspecified atom stereocenters. The van der Waals surface area contributed by atoms with Crippen LogP contribution in [0.2, 0.25) is 0 Å². The fourth-order valence-corrected chi connectivity index (χ4v) is 3.40. The molecule has 0 amide bonds. The van der Waals surface area contributed by atoms with Crippen LogP contribution in [0.1, 0.15) is 23.2 Å². The van der Waals surface area contributed by atoms with Gasteiger partial charge in [-0.2, -0.15) is 11.8 Å². The maximum absolute atomic E-state index is 11.7. The van der Waals surface area contributed by atoms with E-state index in [4.69, 9.17) is 10.5 Å². The van der Waals surface area contributed by atoms with E-state index in [1.54, 1.807) is 12.1 Å². The molecule has 0 bridgehead atoms. The second-order valence-electron chi connectivity index (χ2n) is 4.73. The standard InChI is InChI=1S/C14H20N2O2S/c1-18-14(17)12-8-11(15)2-3-13(12)16-9-10-4-6-19-7-5-10/h2-3,8,10,16H,4-7,9,15H2,1H3. The smallest absolute Gasteiger partial charge is 0.340 e. The summed E-state index contributed by atoms with van der Waals surface area (Å²) in [6.45, 7) is 0.897. The monoisotopic (exact) mass is 280 g/mol. The number of hydrogen-bond acceptors (Lipinski definition) is 5. The summed E-state index contributed by atoms with van der Waals surface area (Å²) in [5.41, 5.74) is 7.60. The number of esters is 1. The molecule has 1 aliphatic rings. The molecule has 1 aromatic rings. The fraction of sp³-hybridized carbons (Fsp3) is 0.500. The number of anilines is 2. The van der Waals surface area contributed by atoms with Gasteiger partial charge in [0.2, 0.25) is 0 Å². The minimum absolute atomic E-state index is 0.353. The van der Waals surface area contributed by atoms with Gasteiger partial charge in [0, 0.05) is 17.9 Å². The molecule has 2 rings (SSSR count). The topological polar surface area (TPSA) is 64.3 Å². The number of carbonyl (C=O) groups is 1. The van der Waals surface area contributed by atoms with Crippen molar-refractivity contribution >= 4 is 29.1 Å². The number of hydrogen-bond donors (Lipinski definition) is 2. The predicted molar refractivity (Wildman–Crippen MR) is 80.7 cm³/mol. The van der Waals surface area contributed by atoms with Gasteiger partial charge in [-0.1, -0.05) is 0 Å². The highest BCUT2D eigenvalue weighted by Gasteiger charge is 2.16.